The van der Waals surface area contributed by atoms with Gasteiger partial charge in [-0.1, -0.05) is 0 Å². The first-order chi connectivity index (χ1) is 7.27. The Morgan fingerprint density at radius 3 is 3.07 bits per heavy atom. The second kappa shape index (κ2) is 4.62. The SMILES string of the molecule is Cc1ccoc1C(=O)CCC1CCCO1. The molecule has 2 rings (SSSR count). The van der Waals surface area contributed by atoms with Crippen molar-refractivity contribution in [2.45, 2.75) is 38.7 Å². The Labute approximate surface area is 89.4 Å². The molecule has 1 aromatic heterocycles. The van der Waals surface area contributed by atoms with Gasteiger partial charge in [-0.25, -0.2) is 0 Å². The van der Waals surface area contributed by atoms with Crippen LogP contribution in [0.5, 0.6) is 0 Å². The van der Waals surface area contributed by atoms with Gasteiger partial charge in [0.1, 0.15) is 0 Å². The van der Waals surface area contributed by atoms with Crippen molar-refractivity contribution in [2.24, 2.45) is 0 Å². The molecule has 1 fully saturated rings. The molecule has 1 unspecified atom stereocenters. The summed E-state index contributed by atoms with van der Waals surface area (Å²) >= 11 is 0. The van der Waals surface area contributed by atoms with Crippen LogP contribution in [0.15, 0.2) is 16.7 Å². The van der Waals surface area contributed by atoms with Crippen LogP contribution in [0.1, 0.15) is 41.8 Å². The molecule has 1 saturated heterocycles. The van der Waals surface area contributed by atoms with Gasteiger partial charge in [0.15, 0.2) is 11.5 Å². The predicted octanol–water partition coefficient (Wildman–Crippen LogP) is 2.73. The van der Waals surface area contributed by atoms with Gasteiger partial charge in [-0.05, 0) is 37.8 Å². The molecular formula is C12H16O3. The van der Waals surface area contributed by atoms with Crippen LogP contribution in [-0.2, 0) is 4.74 Å². The number of furan rings is 1. The maximum Gasteiger partial charge on any atom is 0.198 e. The Hall–Kier alpha value is -1.09. The summed E-state index contributed by atoms with van der Waals surface area (Å²) in [5, 5.41) is 0. The molecule has 1 aliphatic heterocycles. The van der Waals surface area contributed by atoms with Crippen LogP contribution < -0.4 is 0 Å². The number of carbonyl (C=O) groups excluding carboxylic acids is 1. The summed E-state index contributed by atoms with van der Waals surface area (Å²) in [6.45, 7) is 2.74. The molecule has 15 heavy (non-hydrogen) atoms. The van der Waals surface area contributed by atoms with E-state index in [-0.39, 0.29) is 11.9 Å². The van der Waals surface area contributed by atoms with E-state index in [9.17, 15) is 4.79 Å². The fraction of sp³-hybridized carbons (Fsp3) is 0.583. The van der Waals surface area contributed by atoms with E-state index in [2.05, 4.69) is 0 Å². The van der Waals surface area contributed by atoms with Crippen molar-refractivity contribution in [1.82, 2.24) is 0 Å². The number of rotatable bonds is 4. The normalized spacial score (nSPS) is 20.7. The maximum atomic E-state index is 11.7. The van der Waals surface area contributed by atoms with Crippen LogP contribution >= 0.6 is 0 Å². The molecule has 3 heteroatoms. The summed E-state index contributed by atoms with van der Waals surface area (Å²) in [4.78, 5) is 11.7. The molecule has 0 aromatic carbocycles. The highest BCUT2D eigenvalue weighted by atomic mass is 16.5. The average molecular weight is 208 g/mol. The minimum Gasteiger partial charge on any atom is -0.461 e. The van der Waals surface area contributed by atoms with Crippen molar-refractivity contribution in [3.63, 3.8) is 0 Å². The van der Waals surface area contributed by atoms with Crippen LogP contribution in [0.2, 0.25) is 0 Å². The zero-order valence-electron chi connectivity index (χ0n) is 8.99. The fourth-order valence-corrected chi connectivity index (χ4v) is 1.94. The smallest absolute Gasteiger partial charge is 0.198 e. The first-order valence-electron chi connectivity index (χ1n) is 5.46. The molecule has 0 N–H and O–H groups in total. The van der Waals surface area contributed by atoms with Gasteiger partial charge in [0, 0.05) is 13.0 Å². The molecule has 0 bridgehead atoms. The Balaban J connectivity index is 1.84. The Morgan fingerprint density at radius 2 is 2.47 bits per heavy atom. The molecule has 82 valence electrons. The van der Waals surface area contributed by atoms with Crippen LogP contribution in [0, 0.1) is 6.92 Å². The van der Waals surface area contributed by atoms with Gasteiger partial charge >= 0.3 is 0 Å². The molecule has 3 nitrogen and oxygen atoms in total. The van der Waals surface area contributed by atoms with E-state index in [1.54, 1.807) is 6.26 Å². The number of carbonyl (C=O) groups is 1. The van der Waals surface area contributed by atoms with E-state index in [4.69, 9.17) is 9.15 Å². The van der Waals surface area contributed by atoms with Crippen molar-refractivity contribution in [3.8, 4) is 0 Å². The lowest BCUT2D eigenvalue weighted by Crippen LogP contribution is -2.08. The van der Waals surface area contributed by atoms with E-state index >= 15 is 0 Å². The van der Waals surface area contributed by atoms with Crippen molar-refractivity contribution in [3.05, 3.63) is 23.7 Å². The third-order valence-corrected chi connectivity index (χ3v) is 2.83. The third kappa shape index (κ3) is 2.48. The van der Waals surface area contributed by atoms with Gasteiger partial charge in [-0.15, -0.1) is 0 Å². The van der Waals surface area contributed by atoms with E-state index in [0.29, 0.717) is 12.2 Å². The highest BCUT2D eigenvalue weighted by Gasteiger charge is 2.19. The van der Waals surface area contributed by atoms with Crippen molar-refractivity contribution >= 4 is 5.78 Å². The quantitative estimate of drug-likeness (QED) is 0.714. The van der Waals surface area contributed by atoms with E-state index in [0.717, 1.165) is 31.4 Å². The highest BCUT2D eigenvalue weighted by Crippen LogP contribution is 2.19. The lowest BCUT2D eigenvalue weighted by atomic mass is 10.1. The summed E-state index contributed by atoms with van der Waals surface area (Å²) in [6, 6.07) is 1.82. The van der Waals surface area contributed by atoms with Crippen molar-refractivity contribution in [1.29, 1.82) is 0 Å². The van der Waals surface area contributed by atoms with Crippen molar-refractivity contribution in [2.75, 3.05) is 6.61 Å². The van der Waals surface area contributed by atoms with E-state index in [1.807, 2.05) is 13.0 Å². The molecule has 1 aliphatic rings. The predicted molar refractivity (Wildman–Crippen MR) is 56.0 cm³/mol. The van der Waals surface area contributed by atoms with Crippen LogP contribution in [0.3, 0.4) is 0 Å². The van der Waals surface area contributed by atoms with Gasteiger partial charge < -0.3 is 9.15 Å². The first kappa shape index (κ1) is 10.4. The summed E-state index contributed by atoms with van der Waals surface area (Å²) in [5.74, 6) is 0.598. The standard InChI is InChI=1S/C12H16O3/c1-9-6-8-15-12(9)11(13)5-4-10-3-2-7-14-10/h6,8,10H,2-5,7H2,1H3. The largest absolute Gasteiger partial charge is 0.461 e. The van der Waals surface area contributed by atoms with Crippen molar-refractivity contribution < 1.29 is 13.9 Å². The van der Waals surface area contributed by atoms with Crippen LogP contribution in [0.25, 0.3) is 0 Å². The maximum absolute atomic E-state index is 11.7. The molecular weight excluding hydrogens is 192 g/mol. The molecule has 0 spiro atoms. The second-order valence-electron chi connectivity index (χ2n) is 4.03. The Kier molecular flexibility index (Phi) is 3.21. The molecule has 0 aliphatic carbocycles. The third-order valence-electron chi connectivity index (χ3n) is 2.83. The van der Waals surface area contributed by atoms with E-state index in [1.165, 1.54) is 0 Å². The molecule has 0 saturated carbocycles. The Bertz CT molecular complexity index is 334. The van der Waals surface area contributed by atoms with E-state index < -0.39 is 0 Å². The molecule has 2 heterocycles. The molecule has 1 atom stereocenters. The molecule has 0 radical (unpaired) electrons. The van der Waals surface area contributed by atoms with Crippen LogP contribution in [0.4, 0.5) is 0 Å². The fourth-order valence-electron chi connectivity index (χ4n) is 1.94. The highest BCUT2D eigenvalue weighted by molar-refractivity contribution is 5.94. The number of hydrogen-bond donors (Lipinski definition) is 0. The van der Waals surface area contributed by atoms with Gasteiger partial charge in [-0.2, -0.15) is 0 Å². The zero-order chi connectivity index (χ0) is 10.7. The van der Waals surface area contributed by atoms with Gasteiger partial charge in [-0.3, -0.25) is 4.79 Å². The summed E-state index contributed by atoms with van der Waals surface area (Å²) in [7, 11) is 0. The van der Waals surface area contributed by atoms with Gasteiger partial charge in [0.2, 0.25) is 0 Å². The number of hydrogen-bond acceptors (Lipinski definition) is 3. The topological polar surface area (TPSA) is 39.4 Å². The molecule has 0 amide bonds. The Morgan fingerprint density at radius 1 is 1.60 bits per heavy atom. The minimum absolute atomic E-state index is 0.0907. The second-order valence-corrected chi connectivity index (χ2v) is 4.03. The minimum atomic E-state index is 0.0907. The number of Topliss-reactive ketones (excluding diaryl/α,β-unsaturated/α-hetero) is 1. The number of ether oxygens (including phenoxy) is 1. The zero-order valence-corrected chi connectivity index (χ0v) is 8.99. The number of aryl methyl sites for hydroxylation is 1. The lowest BCUT2D eigenvalue weighted by molar-refractivity contribution is 0.0839. The summed E-state index contributed by atoms with van der Waals surface area (Å²) < 4.78 is 10.6. The summed E-state index contributed by atoms with van der Waals surface area (Å²) in [6.07, 6.45) is 5.40. The first-order valence-corrected chi connectivity index (χ1v) is 5.46. The number of ketones is 1. The molecule has 1 aromatic rings. The average Bonchev–Trinajstić information content (AvgIpc) is 2.84. The summed E-state index contributed by atoms with van der Waals surface area (Å²) in [5.41, 5.74) is 0.923. The van der Waals surface area contributed by atoms with Gasteiger partial charge in [0.05, 0.1) is 12.4 Å². The van der Waals surface area contributed by atoms with Gasteiger partial charge in [0.25, 0.3) is 0 Å². The lowest BCUT2D eigenvalue weighted by Gasteiger charge is -2.07. The monoisotopic (exact) mass is 208 g/mol. The van der Waals surface area contributed by atoms with Crippen LogP contribution in [-0.4, -0.2) is 18.5 Å².